The van der Waals surface area contributed by atoms with Crippen molar-refractivity contribution in [1.82, 2.24) is 4.90 Å². The lowest BCUT2D eigenvalue weighted by molar-refractivity contribution is -0.120. The molecule has 3 rings (SSSR count). The molecule has 0 bridgehead atoms. The minimum atomic E-state index is -0.856. The van der Waals surface area contributed by atoms with Gasteiger partial charge in [0.1, 0.15) is 6.04 Å². The maximum atomic E-state index is 12.9. The minimum Gasteiger partial charge on any atom is -0.324 e. The van der Waals surface area contributed by atoms with Gasteiger partial charge in [-0.1, -0.05) is 41.9 Å². The molecule has 6 heteroatoms. The number of imide groups is 1. The highest BCUT2D eigenvalue weighted by Gasteiger charge is 2.42. The average molecular weight is 415 g/mol. The molecule has 0 spiro atoms. The van der Waals surface area contributed by atoms with E-state index in [-0.39, 0.29) is 11.8 Å². The zero-order valence-electron chi connectivity index (χ0n) is 14.5. The number of nitrogens with one attached hydrogen (secondary N) is 1. The first-order valence-corrected chi connectivity index (χ1v) is 9.21. The van der Waals surface area contributed by atoms with E-state index in [1.165, 1.54) is 0 Å². The van der Waals surface area contributed by atoms with Crippen molar-refractivity contribution < 1.29 is 14.4 Å². The van der Waals surface area contributed by atoms with Crippen LogP contribution in [0.25, 0.3) is 0 Å². The van der Waals surface area contributed by atoms with Crippen LogP contribution in [0.3, 0.4) is 0 Å². The SMILES string of the molecule is CC(C)CC(C(=O)Nc1ccc(Br)cc1)N1C(=O)c2ccccc2C1=O. The number of fused-ring (bicyclic) bond motifs is 1. The molecule has 1 heterocycles. The lowest BCUT2D eigenvalue weighted by atomic mass is 10.0. The van der Waals surface area contributed by atoms with Crippen molar-refractivity contribution in [2.24, 2.45) is 5.92 Å². The Hall–Kier alpha value is -2.47. The second-order valence-electron chi connectivity index (χ2n) is 6.67. The predicted molar refractivity (Wildman–Crippen MR) is 103 cm³/mol. The Morgan fingerprint density at radius 3 is 2.04 bits per heavy atom. The molecule has 0 saturated carbocycles. The zero-order chi connectivity index (χ0) is 18.8. The van der Waals surface area contributed by atoms with Crippen molar-refractivity contribution in [1.29, 1.82) is 0 Å². The van der Waals surface area contributed by atoms with E-state index in [1.807, 2.05) is 26.0 Å². The van der Waals surface area contributed by atoms with Crippen LogP contribution in [0.5, 0.6) is 0 Å². The van der Waals surface area contributed by atoms with Crippen LogP contribution in [0, 0.1) is 5.92 Å². The summed E-state index contributed by atoms with van der Waals surface area (Å²) in [6.07, 6.45) is 0.397. The summed E-state index contributed by atoms with van der Waals surface area (Å²) < 4.78 is 0.898. The molecule has 1 aliphatic heterocycles. The highest BCUT2D eigenvalue weighted by molar-refractivity contribution is 9.10. The van der Waals surface area contributed by atoms with Crippen molar-refractivity contribution in [3.05, 3.63) is 64.1 Å². The van der Waals surface area contributed by atoms with Crippen molar-refractivity contribution in [3.8, 4) is 0 Å². The maximum absolute atomic E-state index is 12.9. The first kappa shape index (κ1) is 18.3. The molecule has 0 aliphatic carbocycles. The zero-order valence-corrected chi connectivity index (χ0v) is 16.1. The molecule has 1 unspecified atom stereocenters. The summed E-state index contributed by atoms with van der Waals surface area (Å²) in [5.41, 5.74) is 1.31. The predicted octanol–water partition coefficient (Wildman–Crippen LogP) is 4.10. The third-order valence-electron chi connectivity index (χ3n) is 4.25. The van der Waals surface area contributed by atoms with E-state index in [1.54, 1.807) is 36.4 Å². The summed E-state index contributed by atoms with van der Waals surface area (Å²) in [6, 6.07) is 13.0. The third kappa shape index (κ3) is 3.55. The van der Waals surface area contributed by atoms with Gasteiger partial charge in [-0.2, -0.15) is 0 Å². The molecular formula is C20H19BrN2O3. The van der Waals surface area contributed by atoms with Gasteiger partial charge in [0.2, 0.25) is 5.91 Å². The number of benzene rings is 2. The summed E-state index contributed by atoms with van der Waals surface area (Å²) in [4.78, 5) is 39.5. The molecule has 1 aliphatic rings. The van der Waals surface area contributed by atoms with E-state index in [0.29, 0.717) is 23.2 Å². The molecule has 1 N–H and O–H groups in total. The first-order chi connectivity index (χ1) is 12.4. The Balaban J connectivity index is 1.89. The summed E-state index contributed by atoms with van der Waals surface area (Å²) in [5.74, 6) is -1.06. The fraction of sp³-hybridized carbons (Fsp3) is 0.250. The molecule has 0 radical (unpaired) electrons. The van der Waals surface area contributed by atoms with Gasteiger partial charge in [0.15, 0.2) is 0 Å². The molecule has 0 saturated heterocycles. The molecule has 2 aromatic rings. The van der Waals surface area contributed by atoms with Crippen LogP contribution in [0.15, 0.2) is 53.0 Å². The number of carbonyl (C=O) groups excluding carboxylic acids is 3. The maximum Gasteiger partial charge on any atom is 0.262 e. The molecule has 134 valence electrons. The van der Waals surface area contributed by atoms with Crippen LogP contribution in [0.4, 0.5) is 5.69 Å². The van der Waals surface area contributed by atoms with E-state index >= 15 is 0 Å². The monoisotopic (exact) mass is 414 g/mol. The summed E-state index contributed by atoms with van der Waals surface area (Å²) >= 11 is 3.35. The summed E-state index contributed by atoms with van der Waals surface area (Å²) in [6.45, 7) is 3.91. The van der Waals surface area contributed by atoms with Crippen molar-refractivity contribution in [3.63, 3.8) is 0 Å². The van der Waals surface area contributed by atoms with Crippen LogP contribution in [0.2, 0.25) is 0 Å². The third-order valence-corrected chi connectivity index (χ3v) is 4.77. The summed E-state index contributed by atoms with van der Waals surface area (Å²) in [7, 11) is 0. The fourth-order valence-corrected chi connectivity index (χ4v) is 3.29. The van der Waals surface area contributed by atoms with Crippen LogP contribution in [-0.4, -0.2) is 28.7 Å². The highest BCUT2D eigenvalue weighted by atomic mass is 79.9. The van der Waals surface area contributed by atoms with Gasteiger partial charge >= 0.3 is 0 Å². The second-order valence-corrected chi connectivity index (χ2v) is 7.58. The number of halogens is 1. The van der Waals surface area contributed by atoms with Gasteiger partial charge in [-0.05, 0) is 48.7 Å². The van der Waals surface area contributed by atoms with Gasteiger partial charge in [-0.25, -0.2) is 0 Å². The number of hydrogen-bond acceptors (Lipinski definition) is 3. The quantitative estimate of drug-likeness (QED) is 0.748. The van der Waals surface area contributed by atoms with Crippen molar-refractivity contribution in [2.75, 3.05) is 5.32 Å². The van der Waals surface area contributed by atoms with E-state index in [2.05, 4.69) is 21.2 Å². The Labute approximate surface area is 160 Å². The lowest BCUT2D eigenvalue weighted by Gasteiger charge is -2.26. The van der Waals surface area contributed by atoms with Gasteiger partial charge in [-0.3, -0.25) is 19.3 Å². The smallest absolute Gasteiger partial charge is 0.262 e. The van der Waals surface area contributed by atoms with Crippen molar-refractivity contribution >= 4 is 39.3 Å². The Morgan fingerprint density at radius 2 is 1.54 bits per heavy atom. The highest BCUT2D eigenvalue weighted by Crippen LogP contribution is 2.27. The average Bonchev–Trinajstić information content (AvgIpc) is 2.86. The first-order valence-electron chi connectivity index (χ1n) is 8.42. The van der Waals surface area contributed by atoms with Crippen LogP contribution < -0.4 is 5.32 Å². The minimum absolute atomic E-state index is 0.139. The molecule has 0 fully saturated rings. The molecular weight excluding hydrogens is 396 g/mol. The number of hydrogen-bond donors (Lipinski definition) is 1. The van der Waals surface area contributed by atoms with Gasteiger partial charge in [0.25, 0.3) is 11.8 Å². The van der Waals surface area contributed by atoms with Gasteiger partial charge in [0, 0.05) is 10.2 Å². The van der Waals surface area contributed by atoms with E-state index < -0.39 is 17.9 Å². The Kier molecular flexibility index (Phi) is 5.23. The largest absolute Gasteiger partial charge is 0.324 e. The lowest BCUT2D eigenvalue weighted by Crippen LogP contribution is -2.47. The molecule has 0 aromatic heterocycles. The number of anilines is 1. The number of amides is 3. The van der Waals surface area contributed by atoms with E-state index in [4.69, 9.17) is 0 Å². The molecule has 26 heavy (non-hydrogen) atoms. The second kappa shape index (κ2) is 7.41. The number of nitrogens with zero attached hydrogens (tertiary/aromatic N) is 1. The number of carbonyl (C=O) groups is 3. The Morgan fingerprint density at radius 1 is 1.00 bits per heavy atom. The van der Waals surface area contributed by atoms with Crippen LogP contribution in [0.1, 0.15) is 41.0 Å². The van der Waals surface area contributed by atoms with E-state index in [9.17, 15) is 14.4 Å². The van der Waals surface area contributed by atoms with Crippen LogP contribution in [-0.2, 0) is 4.79 Å². The molecule has 3 amide bonds. The van der Waals surface area contributed by atoms with Gasteiger partial charge < -0.3 is 5.32 Å². The number of rotatable bonds is 5. The molecule has 5 nitrogen and oxygen atoms in total. The standard InChI is InChI=1S/C20H19BrN2O3/c1-12(2)11-17(18(24)22-14-9-7-13(21)8-10-14)23-19(25)15-5-3-4-6-16(15)20(23)26/h3-10,12,17H,11H2,1-2H3,(H,22,24). The van der Waals surface area contributed by atoms with Crippen molar-refractivity contribution in [2.45, 2.75) is 26.3 Å². The molecule has 1 atom stereocenters. The van der Waals surface area contributed by atoms with E-state index in [0.717, 1.165) is 9.37 Å². The van der Waals surface area contributed by atoms with Gasteiger partial charge in [0.05, 0.1) is 11.1 Å². The fourth-order valence-electron chi connectivity index (χ4n) is 3.03. The van der Waals surface area contributed by atoms with Gasteiger partial charge in [-0.15, -0.1) is 0 Å². The van der Waals surface area contributed by atoms with Crippen LogP contribution >= 0.6 is 15.9 Å². The normalized spacial score (nSPS) is 14.5. The summed E-state index contributed by atoms with van der Waals surface area (Å²) in [5, 5.41) is 2.81. The Bertz CT molecular complexity index is 827. The topological polar surface area (TPSA) is 66.5 Å². The molecule has 2 aromatic carbocycles.